The molecule has 19 heavy (non-hydrogen) atoms. The number of aromatic nitrogens is 2. The lowest BCUT2D eigenvalue weighted by Gasteiger charge is -2.21. The van der Waals surface area contributed by atoms with Gasteiger partial charge in [-0.15, -0.1) is 11.3 Å². The van der Waals surface area contributed by atoms with Crippen LogP contribution >= 0.6 is 11.3 Å². The first-order valence-electron chi connectivity index (χ1n) is 5.55. The van der Waals surface area contributed by atoms with Crippen LogP contribution in [0.4, 0.5) is 0 Å². The van der Waals surface area contributed by atoms with E-state index in [1.807, 2.05) is 6.07 Å². The van der Waals surface area contributed by atoms with Crippen LogP contribution in [0.3, 0.4) is 0 Å². The zero-order valence-corrected chi connectivity index (χ0v) is 12.7. The minimum absolute atomic E-state index is 0.322. The second kappa shape index (κ2) is 4.97. The van der Waals surface area contributed by atoms with Gasteiger partial charge in [-0.2, -0.15) is 0 Å². The first-order valence-corrected chi connectivity index (χ1v) is 7.92. The van der Waals surface area contributed by atoms with Crippen molar-refractivity contribution in [2.45, 2.75) is 23.6 Å². The number of carbonyl (C=O) groups is 1. The van der Waals surface area contributed by atoms with E-state index in [2.05, 4.69) is 9.97 Å². The maximum Gasteiger partial charge on any atom is 0.315 e. The molecule has 1 atom stereocenters. The number of methoxy groups -OCH3 is 1. The summed E-state index contributed by atoms with van der Waals surface area (Å²) < 4.78 is 17.6. The van der Waals surface area contributed by atoms with Crippen LogP contribution in [0, 0.1) is 0 Å². The Hall–Kier alpha value is -1.34. The van der Waals surface area contributed by atoms with Crippen molar-refractivity contribution in [3.05, 3.63) is 17.8 Å². The van der Waals surface area contributed by atoms with Crippen LogP contribution in [0.25, 0.3) is 10.3 Å². The summed E-state index contributed by atoms with van der Waals surface area (Å²) in [5.74, 6) is -0.322. The zero-order valence-electron chi connectivity index (χ0n) is 11.1. The fourth-order valence-electron chi connectivity index (χ4n) is 1.64. The van der Waals surface area contributed by atoms with E-state index < -0.39 is 16.2 Å². The number of fused-ring (bicyclic) bond motifs is 1. The SMILES string of the molecule is COC(=O)C(C)(C)c1cnc2nc(S(C)=O)sc2c1. The van der Waals surface area contributed by atoms with Gasteiger partial charge in [-0.25, -0.2) is 9.97 Å². The number of hydrogen-bond donors (Lipinski definition) is 0. The van der Waals surface area contributed by atoms with Crippen LogP contribution in [-0.4, -0.2) is 33.5 Å². The first kappa shape index (κ1) is 14.1. The highest BCUT2D eigenvalue weighted by molar-refractivity contribution is 7.86. The lowest BCUT2D eigenvalue weighted by atomic mass is 9.86. The van der Waals surface area contributed by atoms with Crippen LogP contribution in [0.2, 0.25) is 0 Å². The highest BCUT2D eigenvalue weighted by Crippen LogP contribution is 2.29. The van der Waals surface area contributed by atoms with E-state index in [0.29, 0.717) is 9.99 Å². The molecule has 0 aliphatic rings. The fourth-order valence-corrected chi connectivity index (χ4v) is 3.29. The van der Waals surface area contributed by atoms with E-state index in [4.69, 9.17) is 4.74 Å². The summed E-state index contributed by atoms with van der Waals surface area (Å²) in [4.78, 5) is 20.2. The molecular formula is C12H14N2O3S2. The van der Waals surface area contributed by atoms with Gasteiger partial charge in [0.2, 0.25) is 0 Å². The van der Waals surface area contributed by atoms with Gasteiger partial charge < -0.3 is 4.74 Å². The second-order valence-corrected chi connectivity index (χ2v) is 7.18. The number of hydrogen-bond acceptors (Lipinski definition) is 6. The molecule has 2 aromatic rings. The molecule has 0 spiro atoms. The number of ether oxygens (including phenoxy) is 1. The van der Waals surface area contributed by atoms with Gasteiger partial charge in [0, 0.05) is 12.5 Å². The predicted molar refractivity (Wildman–Crippen MR) is 74.8 cm³/mol. The van der Waals surface area contributed by atoms with E-state index in [-0.39, 0.29) is 5.97 Å². The van der Waals surface area contributed by atoms with Crippen LogP contribution in [0.1, 0.15) is 19.4 Å². The highest BCUT2D eigenvalue weighted by Gasteiger charge is 2.31. The van der Waals surface area contributed by atoms with E-state index in [0.717, 1.165) is 10.3 Å². The molecule has 0 aromatic carbocycles. The van der Waals surface area contributed by atoms with Gasteiger partial charge in [-0.05, 0) is 25.5 Å². The molecule has 0 amide bonds. The Bertz CT molecular complexity index is 664. The maximum atomic E-state index is 11.8. The Kier molecular flexibility index (Phi) is 3.69. The van der Waals surface area contributed by atoms with Crippen molar-refractivity contribution in [2.24, 2.45) is 0 Å². The summed E-state index contributed by atoms with van der Waals surface area (Å²) in [6.45, 7) is 3.56. The largest absolute Gasteiger partial charge is 0.468 e. The van der Waals surface area contributed by atoms with Crippen molar-refractivity contribution in [1.82, 2.24) is 9.97 Å². The molecule has 0 radical (unpaired) electrons. The third-order valence-corrected chi connectivity index (χ3v) is 5.21. The third-order valence-electron chi connectivity index (χ3n) is 2.89. The molecule has 0 aliphatic carbocycles. The highest BCUT2D eigenvalue weighted by atomic mass is 32.2. The number of rotatable bonds is 3. The monoisotopic (exact) mass is 298 g/mol. The number of carbonyl (C=O) groups excluding carboxylic acids is 1. The number of thiazole rings is 1. The summed E-state index contributed by atoms with van der Waals surface area (Å²) in [7, 11) is 0.238. The molecule has 102 valence electrons. The first-order chi connectivity index (χ1) is 8.86. The molecule has 7 heteroatoms. The summed E-state index contributed by atoms with van der Waals surface area (Å²) in [5, 5.41) is 0. The van der Waals surface area contributed by atoms with Crippen molar-refractivity contribution < 1.29 is 13.7 Å². The second-order valence-electron chi connectivity index (χ2n) is 4.60. The molecule has 0 aliphatic heterocycles. The zero-order chi connectivity index (χ0) is 14.2. The predicted octanol–water partition coefficient (Wildman–Crippen LogP) is 1.88. The average molecular weight is 298 g/mol. The van der Waals surface area contributed by atoms with Crippen LogP contribution in [0.5, 0.6) is 0 Å². The third kappa shape index (κ3) is 2.52. The number of pyridine rings is 1. The molecule has 1 unspecified atom stereocenters. The van der Waals surface area contributed by atoms with Crippen LogP contribution < -0.4 is 0 Å². The standard InChI is InChI=1S/C12H14N2O3S2/c1-12(2,10(15)17-3)7-5-8-9(13-6-7)14-11(18-8)19(4)16/h5-6H,1-4H3. The lowest BCUT2D eigenvalue weighted by Crippen LogP contribution is -2.30. The quantitative estimate of drug-likeness (QED) is 0.809. The van der Waals surface area contributed by atoms with E-state index >= 15 is 0 Å². The number of nitrogens with zero attached hydrogens (tertiary/aromatic N) is 2. The number of esters is 1. The van der Waals surface area contributed by atoms with Crippen molar-refractivity contribution in [1.29, 1.82) is 0 Å². The molecule has 2 heterocycles. The molecular weight excluding hydrogens is 284 g/mol. The summed E-state index contributed by atoms with van der Waals surface area (Å²) in [6, 6.07) is 1.85. The molecule has 0 fully saturated rings. The van der Waals surface area contributed by atoms with Gasteiger partial charge in [0.05, 0.1) is 28.0 Å². The fraction of sp³-hybridized carbons (Fsp3) is 0.417. The lowest BCUT2D eigenvalue weighted by molar-refractivity contribution is -0.146. The van der Waals surface area contributed by atoms with Gasteiger partial charge in [-0.1, -0.05) is 0 Å². The Morgan fingerprint density at radius 2 is 2.16 bits per heavy atom. The molecule has 0 N–H and O–H groups in total. The van der Waals surface area contributed by atoms with Crippen molar-refractivity contribution in [3.8, 4) is 0 Å². The maximum absolute atomic E-state index is 11.8. The van der Waals surface area contributed by atoms with Crippen molar-refractivity contribution >= 4 is 38.5 Å². The normalized spacial score (nSPS) is 13.5. The molecule has 5 nitrogen and oxygen atoms in total. The Morgan fingerprint density at radius 3 is 2.74 bits per heavy atom. The average Bonchev–Trinajstić information content (AvgIpc) is 2.80. The van der Waals surface area contributed by atoms with Gasteiger partial charge in [0.25, 0.3) is 0 Å². The topological polar surface area (TPSA) is 69.2 Å². The molecule has 2 aromatic heterocycles. The summed E-state index contributed by atoms with van der Waals surface area (Å²) >= 11 is 1.33. The van der Waals surface area contributed by atoms with Crippen molar-refractivity contribution in [2.75, 3.05) is 13.4 Å². The van der Waals surface area contributed by atoms with Crippen LogP contribution in [-0.2, 0) is 25.7 Å². The van der Waals surface area contributed by atoms with Crippen molar-refractivity contribution in [3.63, 3.8) is 0 Å². The Morgan fingerprint density at radius 1 is 1.47 bits per heavy atom. The van der Waals surface area contributed by atoms with Crippen LogP contribution in [0.15, 0.2) is 16.6 Å². The molecule has 0 saturated carbocycles. The Balaban J connectivity index is 2.52. The van der Waals surface area contributed by atoms with E-state index in [9.17, 15) is 9.00 Å². The van der Waals surface area contributed by atoms with Gasteiger partial charge in [0.1, 0.15) is 0 Å². The van der Waals surface area contributed by atoms with E-state index in [1.165, 1.54) is 18.4 Å². The van der Waals surface area contributed by atoms with E-state index in [1.54, 1.807) is 26.3 Å². The van der Waals surface area contributed by atoms with Gasteiger partial charge in [-0.3, -0.25) is 9.00 Å². The summed E-state index contributed by atoms with van der Waals surface area (Å²) in [6.07, 6.45) is 3.19. The molecule has 0 saturated heterocycles. The Labute approximate surface area is 117 Å². The molecule has 0 bridgehead atoms. The molecule has 2 rings (SSSR count). The minimum atomic E-state index is -1.12. The summed E-state index contributed by atoms with van der Waals surface area (Å²) in [5.41, 5.74) is 0.536. The van der Waals surface area contributed by atoms with Gasteiger partial charge >= 0.3 is 5.97 Å². The smallest absolute Gasteiger partial charge is 0.315 e. The van der Waals surface area contributed by atoms with Gasteiger partial charge in [0.15, 0.2) is 9.99 Å². The minimum Gasteiger partial charge on any atom is -0.468 e.